The normalized spacial score (nSPS) is 24.2. The number of quaternary nitrogens is 1. The molecule has 1 aliphatic heterocycles. The van der Waals surface area contributed by atoms with E-state index in [-0.39, 0.29) is 11.1 Å². The summed E-state index contributed by atoms with van der Waals surface area (Å²) in [5.41, 5.74) is 0. The predicted octanol–water partition coefficient (Wildman–Crippen LogP) is -0.274. The van der Waals surface area contributed by atoms with E-state index in [2.05, 4.69) is 4.99 Å². The molecule has 1 unspecified atom stereocenters. The summed E-state index contributed by atoms with van der Waals surface area (Å²) in [4.78, 5) is 30.4. The predicted molar refractivity (Wildman–Crippen MR) is 53.8 cm³/mol. The van der Waals surface area contributed by atoms with Crippen LogP contribution in [0.2, 0.25) is 0 Å². The van der Waals surface area contributed by atoms with Gasteiger partial charge in [0.25, 0.3) is 0 Å². The Morgan fingerprint density at radius 3 is 2.62 bits per heavy atom. The van der Waals surface area contributed by atoms with E-state index in [0.29, 0.717) is 25.5 Å². The van der Waals surface area contributed by atoms with Gasteiger partial charge in [0.15, 0.2) is 0 Å². The molecular formula is C9H15N2O5+. The van der Waals surface area contributed by atoms with Gasteiger partial charge in [-0.1, -0.05) is 0 Å². The summed E-state index contributed by atoms with van der Waals surface area (Å²) in [7, 11) is 0. The second-order valence-electron chi connectivity index (χ2n) is 3.46. The number of aliphatic carboxylic acids is 2. The highest BCUT2D eigenvalue weighted by Gasteiger charge is 2.40. The number of hydrogen-bond acceptors (Lipinski definition) is 4. The van der Waals surface area contributed by atoms with Crippen molar-refractivity contribution in [2.45, 2.75) is 13.3 Å². The number of hydrogen-bond donors (Lipinski definition) is 2. The van der Waals surface area contributed by atoms with Crippen LogP contribution >= 0.6 is 0 Å². The molecule has 1 heterocycles. The Morgan fingerprint density at radius 2 is 2.12 bits per heavy atom. The maximum atomic E-state index is 10.6. The molecule has 7 heteroatoms. The van der Waals surface area contributed by atoms with Gasteiger partial charge in [-0.2, -0.15) is 4.84 Å². The molecule has 0 aromatic carbocycles. The lowest BCUT2D eigenvalue weighted by Crippen LogP contribution is -2.52. The van der Waals surface area contributed by atoms with Crippen molar-refractivity contribution in [1.29, 1.82) is 0 Å². The zero-order chi connectivity index (χ0) is 12.2. The summed E-state index contributed by atoms with van der Waals surface area (Å²) < 4.78 is -0.0847. The zero-order valence-corrected chi connectivity index (χ0v) is 9.05. The van der Waals surface area contributed by atoms with Crippen molar-refractivity contribution >= 4 is 17.8 Å². The highest BCUT2D eigenvalue weighted by atomic mass is 16.7. The summed E-state index contributed by atoms with van der Waals surface area (Å²) in [6.07, 6.45) is -0.215. The van der Waals surface area contributed by atoms with Crippen LogP contribution in [0.4, 0.5) is 0 Å². The molecule has 1 rings (SSSR count). The van der Waals surface area contributed by atoms with Gasteiger partial charge in [0, 0.05) is 0 Å². The maximum absolute atomic E-state index is 10.6. The number of carbonyl (C=O) groups is 2. The lowest BCUT2D eigenvalue weighted by atomic mass is 10.3. The van der Waals surface area contributed by atoms with Gasteiger partial charge in [0.1, 0.15) is 19.5 Å². The van der Waals surface area contributed by atoms with E-state index in [9.17, 15) is 9.59 Å². The average Bonchev–Trinajstić information content (AvgIpc) is 2.58. The first-order valence-corrected chi connectivity index (χ1v) is 4.99. The van der Waals surface area contributed by atoms with Crippen molar-refractivity contribution in [3.63, 3.8) is 0 Å². The molecule has 0 amide bonds. The van der Waals surface area contributed by atoms with Gasteiger partial charge in [-0.15, -0.1) is 4.65 Å². The van der Waals surface area contributed by atoms with Crippen molar-refractivity contribution in [1.82, 2.24) is 0 Å². The molecule has 0 aromatic heterocycles. The Balaban J connectivity index is 2.74. The molecule has 1 atom stereocenters. The molecule has 7 nitrogen and oxygen atoms in total. The lowest BCUT2D eigenvalue weighted by molar-refractivity contribution is -1.03. The van der Waals surface area contributed by atoms with Crippen LogP contribution in [0, 0.1) is 0 Å². The SMILES string of the molecule is CC[N+]1(OCC(=O)O)CCN=C1CC(=O)O. The molecule has 2 N–H and O–H groups in total. The first-order valence-electron chi connectivity index (χ1n) is 4.99. The Hall–Kier alpha value is -1.47. The summed E-state index contributed by atoms with van der Waals surface area (Å²) in [6.45, 7) is 2.79. The van der Waals surface area contributed by atoms with E-state index in [1.165, 1.54) is 0 Å². The fourth-order valence-corrected chi connectivity index (χ4v) is 1.68. The molecule has 0 spiro atoms. The number of carboxylic acids is 2. The van der Waals surface area contributed by atoms with Gasteiger partial charge >= 0.3 is 11.9 Å². The van der Waals surface area contributed by atoms with Crippen molar-refractivity contribution in [3.05, 3.63) is 0 Å². The lowest BCUT2D eigenvalue weighted by Gasteiger charge is -2.29. The largest absolute Gasteiger partial charge is 0.481 e. The van der Waals surface area contributed by atoms with Gasteiger partial charge in [0.05, 0.1) is 6.54 Å². The molecule has 0 aliphatic carbocycles. The van der Waals surface area contributed by atoms with Gasteiger partial charge in [-0.25, -0.2) is 9.79 Å². The molecule has 16 heavy (non-hydrogen) atoms. The number of carboxylic acid groups (broad SMARTS) is 2. The third kappa shape index (κ3) is 2.77. The molecule has 0 saturated carbocycles. The van der Waals surface area contributed by atoms with Crippen molar-refractivity contribution < 1.29 is 29.3 Å². The highest BCUT2D eigenvalue weighted by Crippen LogP contribution is 2.18. The van der Waals surface area contributed by atoms with E-state index in [1.807, 2.05) is 6.92 Å². The van der Waals surface area contributed by atoms with Crippen molar-refractivity contribution in [2.24, 2.45) is 4.99 Å². The third-order valence-electron chi connectivity index (χ3n) is 2.48. The fourth-order valence-electron chi connectivity index (χ4n) is 1.68. The van der Waals surface area contributed by atoms with Gasteiger partial charge in [-0.05, 0) is 6.92 Å². The van der Waals surface area contributed by atoms with Crippen molar-refractivity contribution in [3.8, 4) is 0 Å². The molecule has 0 aromatic rings. The van der Waals surface area contributed by atoms with E-state index >= 15 is 0 Å². The van der Waals surface area contributed by atoms with Crippen LogP contribution in [0.3, 0.4) is 0 Å². The molecule has 0 radical (unpaired) electrons. The Bertz CT molecular complexity index is 328. The molecule has 0 fully saturated rings. The van der Waals surface area contributed by atoms with Crippen LogP contribution in [0.15, 0.2) is 4.99 Å². The second-order valence-corrected chi connectivity index (χ2v) is 3.46. The zero-order valence-electron chi connectivity index (χ0n) is 9.05. The number of rotatable bonds is 6. The molecular weight excluding hydrogens is 216 g/mol. The molecule has 1 aliphatic rings. The van der Waals surface area contributed by atoms with Crippen LogP contribution in [-0.4, -0.2) is 58.9 Å². The topological polar surface area (TPSA) is 96.2 Å². The minimum absolute atomic E-state index is 0.0847. The first kappa shape index (κ1) is 12.6. The van der Waals surface area contributed by atoms with E-state index in [4.69, 9.17) is 15.1 Å². The molecule has 0 saturated heterocycles. The van der Waals surface area contributed by atoms with Gasteiger partial charge in [-0.3, -0.25) is 4.79 Å². The Kier molecular flexibility index (Phi) is 3.97. The average molecular weight is 231 g/mol. The van der Waals surface area contributed by atoms with Crippen LogP contribution in [-0.2, 0) is 14.4 Å². The van der Waals surface area contributed by atoms with Gasteiger partial charge < -0.3 is 10.2 Å². The summed E-state index contributed by atoms with van der Waals surface area (Å²) in [6, 6.07) is 0. The highest BCUT2D eigenvalue weighted by molar-refractivity contribution is 5.93. The maximum Gasteiger partial charge on any atom is 0.336 e. The van der Waals surface area contributed by atoms with E-state index in [1.54, 1.807) is 0 Å². The third-order valence-corrected chi connectivity index (χ3v) is 2.48. The number of aliphatic imine (C=N–C) groups is 1. The number of nitrogens with zero attached hydrogens (tertiary/aromatic N) is 2. The van der Waals surface area contributed by atoms with Crippen LogP contribution in [0.1, 0.15) is 13.3 Å². The summed E-state index contributed by atoms with van der Waals surface area (Å²) in [5, 5.41) is 17.3. The summed E-state index contributed by atoms with van der Waals surface area (Å²) >= 11 is 0. The smallest absolute Gasteiger partial charge is 0.336 e. The summed E-state index contributed by atoms with van der Waals surface area (Å²) in [5.74, 6) is -1.68. The number of likely N-dealkylation sites (N-methyl/N-ethyl adjacent to an activating group) is 1. The first-order chi connectivity index (χ1) is 7.50. The Labute approximate surface area is 92.5 Å². The van der Waals surface area contributed by atoms with Crippen LogP contribution < -0.4 is 0 Å². The number of amidine groups is 1. The standard InChI is InChI=1S/C9H14N2O5/c1-2-11(16-6-9(14)15)4-3-10-7(11)5-8(12)13/h2-6H2,1H3,(H-,12,13,14,15)/p+1. The van der Waals surface area contributed by atoms with Crippen LogP contribution in [0.25, 0.3) is 0 Å². The minimum Gasteiger partial charge on any atom is -0.481 e. The molecule has 0 bridgehead atoms. The van der Waals surface area contributed by atoms with Crippen molar-refractivity contribution in [2.75, 3.05) is 26.2 Å². The van der Waals surface area contributed by atoms with Crippen LogP contribution in [0.5, 0.6) is 0 Å². The molecule has 90 valence electrons. The van der Waals surface area contributed by atoms with Gasteiger partial charge in [0.2, 0.25) is 12.4 Å². The second kappa shape index (κ2) is 5.04. The van der Waals surface area contributed by atoms with E-state index < -0.39 is 18.5 Å². The quantitative estimate of drug-likeness (QED) is 0.613. The monoisotopic (exact) mass is 231 g/mol. The minimum atomic E-state index is -1.08. The fraction of sp³-hybridized carbons (Fsp3) is 0.667. The number of hydroxylamine groups is 3. The van der Waals surface area contributed by atoms with E-state index in [0.717, 1.165) is 0 Å². The Morgan fingerprint density at radius 1 is 1.44 bits per heavy atom.